The van der Waals surface area contributed by atoms with Crippen LogP contribution in [0.1, 0.15) is 21.6 Å². The fourth-order valence-corrected chi connectivity index (χ4v) is 2.66. The lowest BCUT2D eigenvalue weighted by Crippen LogP contribution is -2.28. The molecule has 0 atom stereocenters. The van der Waals surface area contributed by atoms with Gasteiger partial charge in [0, 0.05) is 5.56 Å². The van der Waals surface area contributed by atoms with E-state index in [-0.39, 0.29) is 12.4 Å². The van der Waals surface area contributed by atoms with Crippen molar-refractivity contribution in [1.82, 2.24) is 9.55 Å². The number of carbonyl (C=O) groups excluding carboxylic acids is 1. The molecule has 1 heterocycles. The van der Waals surface area contributed by atoms with Crippen LogP contribution >= 0.6 is 0 Å². The molecule has 0 radical (unpaired) electrons. The third-order valence-electron chi connectivity index (χ3n) is 4.02. The first kappa shape index (κ1) is 17.3. The van der Waals surface area contributed by atoms with Crippen LogP contribution in [0.3, 0.4) is 0 Å². The van der Waals surface area contributed by atoms with E-state index in [1.165, 1.54) is 28.8 Å². The van der Waals surface area contributed by atoms with E-state index in [2.05, 4.69) is 4.98 Å². The number of aryl methyl sites for hydroxylation is 1. The molecule has 0 bridgehead atoms. The lowest BCUT2D eigenvalue weighted by Gasteiger charge is -2.15. The van der Waals surface area contributed by atoms with Gasteiger partial charge < -0.3 is 10.8 Å². The van der Waals surface area contributed by atoms with Crippen molar-refractivity contribution < 1.29 is 14.3 Å². The Morgan fingerprint density at radius 2 is 1.85 bits per heavy atom. The second-order valence-corrected chi connectivity index (χ2v) is 5.83. The van der Waals surface area contributed by atoms with Gasteiger partial charge in [0.15, 0.2) is 5.69 Å². The largest absolute Gasteiger partial charge is 0.501 e. The summed E-state index contributed by atoms with van der Waals surface area (Å²) in [7, 11) is 0. The molecule has 0 aliphatic carbocycles. The summed E-state index contributed by atoms with van der Waals surface area (Å²) in [6.07, 6.45) is 0. The van der Waals surface area contributed by atoms with Crippen LogP contribution in [0.5, 0.6) is 5.75 Å². The number of nitrogens with zero attached hydrogens (tertiary/aromatic N) is 2. The van der Waals surface area contributed by atoms with E-state index in [0.29, 0.717) is 11.1 Å². The minimum atomic E-state index is -0.997. The molecule has 1 amide bonds. The minimum Gasteiger partial charge on any atom is -0.501 e. The van der Waals surface area contributed by atoms with E-state index in [1.807, 2.05) is 19.1 Å². The number of primary amides is 1. The number of hydrogen-bond acceptors (Lipinski definition) is 4. The lowest BCUT2D eigenvalue weighted by atomic mass is 10.1. The first-order valence-corrected chi connectivity index (χ1v) is 7.82. The average Bonchev–Trinajstić information content (AvgIpc) is 2.61. The number of benzene rings is 2. The van der Waals surface area contributed by atoms with Gasteiger partial charge in [-0.15, -0.1) is 0 Å². The summed E-state index contributed by atoms with van der Waals surface area (Å²) < 4.78 is 14.4. The van der Waals surface area contributed by atoms with E-state index in [9.17, 15) is 19.1 Å². The second kappa shape index (κ2) is 6.79. The zero-order valence-corrected chi connectivity index (χ0v) is 13.9. The molecule has 3 rings (SSSR count). The summed E-state index contributed by atoms with van der Waals surface area (Å²) in [6.45, 7) is 1.88. The minimum absolute atomic E-state index is 0.0440. The maximum atomic E-state index is 13.1. The van der Waals surface area contributed by atoms with Gasteiger partial charge in [0.2, 0.25) is 5.75 Å². The highest BCUT2D eigenvalue weighted by molar-refractivity contribution is 5.93. The van der Waals surface area contributed by atoms with Gasteiger partial charge in [-0.1, -0.05) is 36.4 Å². The van der Waals surface area contributed by atoms with E-state index in [1.54, 1.807) is 12.1 Å². The number of amides is 1. The molecule has 132 valence electrons. The van der Waals surface area contributed by atoms with Crippen LogP contribution in [0, 0.1) is 12.7 Å². The molecule has 2 aromatic carbocycles. The van der Waals surface area contributed by atoms with Gasteiger partial charge in [-0.3, -0.25) is 14.2 Å². The van der Waals surface area contributed by atoms with Crippen LogP contribution in [0.4, 0.5) is 4.39 Å². The van der Waals surface area contributed by atoms with Crippen molar-refractivity contribution in [2.45, 2.75) is 13.5 Å². The van der Waals surface area contributed by atoms with Gasteiger partial charge in [-0.2, -0.15) is 0 Å². The standard InChI is InChI=1S/C19H16FN3O3/c1-11-4-2-3-5-14(11)18-22-15(17(21)25)16(24)19(26)23(18)10-12-6-8-13(20)9-7-12/h2-9,24H,10H2,1H3,(H2,21,25). The van der Waals surface area contributed by atoms with Crippen LogP contribution in [-0.2, 0) is 6.54 Å². The molecule has 3 N–H and O–H groups in total. The van der Waals surface area contributed by atoms with Crippen LogP contribution in [0.25, 0.3) is 11.4 Å². The summed E-state index contributed by atoms with van der Waals surface area (Å²) >= 11 is 0. The zero-order valence-electron chi connectivity index (χ0n) is 13.9. The molecule has 26 heavy (non-hydrogen) atoms. The lowest BCUT2D eigenvalue weighted by molar-refractivity contribution is 0.0992. The molecular weight excluding hydrogens is 337 g/mol. The molecule has 0 aliphatic heterocycles. The van der Waals surface area contributed by atoms with E-state index < -0.39 is 28.7 Å². The Kier molecular flexibility index (Phi) is 4.53. The summed E-state index contributed by atoms with van der Waals surface area (Å²) in [6, 6.07) is 12.8. The molecule has 0 saturated heterocycles. The van der Waals surface area contributed by atoms with Crippen molar-refractivity contribution in [2.24, 2.45) is 5.73 Å². The van der Waals surface area contributed by atoms with E-state index in [4.69, 9.17) is 5.73 Å². The topological polar surface area (TPSA) is 98.2 Å². The predicted octanol–water partition coefficient (Wildman–Crippen LogP) is 2.21. The van der Waals surface area contributed by atoms with Crippen molar-refractivity contribution in [3.05, 3.63) is 81.5 Å². The maximum Gasteiger partial charge on any atom is 0.297 e. The Labute approximate surface area is 148 Å². The van der Waals surface area contributed by atoms with Crippen LogP contribution in [0.2, 0.25) is 0 Å². The van der Waals surface area contributed by atoms with Crippen molar-refractivity contribution in [1.29, 1.82) is 0 Å². The fraction of sp³-hybridized carbons (Fsp3) is 0.105. The molecule has 0 unspecified atom stereocenters. The second-order valence-electron chi connectivity index (χ2n) is 5.83. The maximum absolute atomic E-state index is 13.1. The number of rotatable bonds is 4. The van der Waals surface area contributed by atoms with Gasteiger partial charge in [0.25, 0.3) is 11.5 Å². The highest BCUT2D eigenvalue weighted by atomic mass is 19.1. The van der Waals surface area contributed by atoms with E-state index in [0.717, 1.165) is 5.56 Å². The Hall–Kier alpha value is -3.48. The third-order valence-corrected chi connectivity index (χ3v) is 4.02. The van der Waals surface area contributed by atoms with Gasteiger partial charge in [-0.25, -0.2) is 9.37 Å². The number of nitrogens with two attached hydrogens (primary N) is 1. The molecule has 0 aliphatic rings. The van der Waals surface area contributed by atoms with Crippen molar-refractivity contribution in [3.8, 4) is 17.1 Å². The monoisotopic (exact) mass is 353 g/mol. The first-order valence-electron chi connectivity index (χ1n) is 7.82. The van der Waals surface area contributed by atoms with Crippen LogP contribution < -0.4 is 11.3 Å². The number of aromatic nitrogens is 2. The molecule has 1 aromatic heterocycles. The Bertz CT molecular complexity index is 1040. The van der Waals surface area contributed by atoms with Crippen LogP contribution in [0.15, 0.2) is 53.3 Å². The fourth-order valence-electron chi connectivity index (χ4n) is 2.66. The Morgan fingerprint density at radius 3 is 2.46 bits per heavy atom. The summed E-state index contributed by atoms with van der Waals surface area (Å²) in [4.78, 5) is 28.4. The number of hydrogen-bond donors (Lipinski definition) is 2. The zero-order chi connectivity index (χ0) is 18.8. The molecule has 0 fully saturated rings. The van der Waals surface area contributed by atoms with Crippen molar-refractivity contribution in [2.75, 3.05) is 0 Å². The smallest absolute Gasteiger partial charge is 0.297 e. The quantitative estimate of drug-likeness (QED) is 0.751. The van der Waals surface area contributed by atoms with Crippen molar-refractivity contribution >= 4 is 5.91 Å². The Balaban J connectivity index is 2.26. The molecular formula is C19H16FN3O3. The Morgan fingerprint density at radius 1 is 1.19 bits per heavy atom. The average molecular weight is 353 g/mol. The third kappa shape index (κ3) is 3.19. The summed E-state index contributed by atoms with van der Waals surface area (Å²) in [5.41, 5.74) is 6.04. The van der Waals surface area contributed by atoms with Gasteiger partial charge in [0.05, 0.1) is 6.54 Å². The molecule has 6 nitrogen and oxygen atoms in total. The van der Waals surface area contributed by atoms with Gasteiger partial charge in [-0.05, 0) is 30.2 Å². The highest BCUT2D eigenvalue weighted by Crippen LogP contribution is 2.23. The summed E-state index contributed by atoms with van der Waals surface area (Å²) in [5, 5.41) is 10.1. The SMILES string of the molecule is Cc1ccccc1-c1nc(C(N)=O)c(O)c(=O)n1Cc1ccc(F)cc1. The van der Waals surface area contributed by atoms with Crippen molar-refractivity contribution in [3.63, 3.8) is 0 Å². The first-order chi connectivity index (χ1) is 12.4. The van der Waals surface area contributed by atoms with Gasteiger partial charge >= 0.3 is 0 Å². The summed E-state index contributed by atoms with van der Waals surface area (Å²) in [5.74, 6) is -2.00. The number of halogens is 1. The molecule has 0 saturated carbocycles. The molecule has 7 heteroatoms. The molecule has 0 spiro atoms. The van der Waals surface area contributed by atoms with E-state index >= 15 is 0 Å². The predicted molar refractivity (Wildman–Crippen MR) is 94.4 cm³/mol. The molecule has 3 aromatic rings. The number of aromatic hydroxyl groups is 1. The highest BCUT2D eigenvalue weighted by Gasteiger charge is 2.21. The van der Waals surface area contributed by atoms with Crippen LogP contribution in [-0.4, -0.2) is 20.6 Å². The van der Waals surface area contributed by atoms with Gasteiger partial charge in [0.1, 0.15) is 11.6 Å². The normalized spacial score (nSPS) is 10.7. The number of carbonyl (C=O) groups is 1.